The van der Waals surface area contributed by atoms with Crippen LogP contribution < -0.4 is 0 Å². The third-order valence-electron chi connectivity index (χ3n) is 7.45. The lowest BCUT2D eigenvalue weighted by atomic mass is 9.92. The molecular weight excluding hydrogens is 546 g/mol. The van der Waals surface area contributed by atoms with Crippen LogP contribution in [0.5, 0.6) is 0 Å². The summed E-state index contributed by atoms with van der Waals surface area (Å²) in [5.74, 6) is 0. The maximum absolute atomic E-state index is 4.67. The van der Waals surface area contributed by atoms with E-state index >= 15 is 0 Å². The molecule has 5 rings (SSSR count). The summed E-state index contributed by atoms with van der Waals surface area (Å²) in [4.78, 5) is 13.0. The Morgan fingerprint density at radius 3 is 2.09 bits per heavy atom. The zero-order valence-corrected chi connectivity index (χ0v) is 25.9. The van der Waals surface area contributed by atoms with Crippen molar-refractivity contribution in [3.05, 3.63) is 162 Å². The molecule has 5 aromatic rings. The molecule has 0 N–H and O–H groups in total. The maximum Gasteiger partial charge on any atom is 0.0710 e. The van der Waals surface area contributed by atoms with Gasteiger partial charge in [0.15, 0.2) is 0 Å². The zero-order valence-electron chi connectivity index (χ0n) is 25.9. The summed E-state index contributed by atoms with van der Waals surface area (Å²) in [6, 6.07) is 32.2. The van der Waals surface area contributed by atoms with E-state index in [0.29, 0.717) is 6.54 Å². The maximum atomic E-state index is 4.67. The van der Waals surface area contributed by atoms with Crippen LogP contribution in [0.2, 0.25) is 0 Å². The van der Waals surface area contributed by atoms with E-state index in [-0.39, 0.29) is 0 Å². The second kappa shape index (κ2) is 15.2. The fourth-order valence-electron chi connectivity index (χ4n) is 5.33. The fraction of sp³-hybridized carbons (Fsp3) is 0.0714. The molecule has 0 unspecified atom stereocenters. The third-order valence-corrected chi connectivity index (χ3v) is 7.45. The van der Waals surface area contributed by atoms with Crippen LogP contribution in [-0.2, 0) is 0 Å². The SMILES string of the molecule is C=N/C(=C\C=NC/C=C(\C=C/C(=C)C)c1ccc2c3ccccc3c3ccccc3c2c1)c1cccc(/C=C/C=C\N=CC)c1. The summed E-state index contributed by atoms with van der Waals surface area (Å²) in [6.07, 6.45) is 19.4. The molecule has 220 valence electrons. The second-order valence-corrected chi connectivity index (χ2v) is 10.6. The molecule has 0 aromatic heterocycles. The molecule has 0 radical (unpaired) electrons. The summed E-state index contributed by atoms with van der Waals surface area (Å²) in [5, 5.41) is 7.57. The van der Waals surface area contributed by atoms with E-state index in [1.165, 1.54) is 32.3 Å². The van der Waals surface area contributed by atoms with Crippen molar-refractivity contribution in [2.24, 2.45) is 15.0 Å². The molecule has 0 aliphatic carbocycles. The average molecular weight is 584 g/mol. The molecule has 0 saturated heterocycles. The largest absolute Gasteiger partial charge is 0.289 e. The highest BCUT2D eigenvalue weighted by Crippen LogP contribution is 2.36. The first kappa shape index (κ1) is 30.8. The minimum atomic E-state index is 0.517. The standard InChI is InChI=1S/C42H37N3/c1-5-44-26-11-10-13-32-14-12-15-35(29-32)42(43-4)25-28-45-27-24-33(21-20-31(2)3)34-22-23-40-38-18-7-6-16-36(38)37-17-8-9-19-39(37)41(40)30-34/h5-26,28-30H,2,4,27H2,1,3H3/b13-10+,21-20-,26-11-,33-24+,42-25-,44-5?,45-28?. The summed E-state index contributed by atoms with van der Waals surface area (Å²) in [6.45, 7) is 12.3. The van der Waals surface area contributed by atoms with E-state index in [1.807, 2.05) is 56.4 Å². The molecular formula is C42H37N3. The molecule has 5 aromatic carbocycles. The number of rotatable bonds is 11. The van der Waals surface area contributed by atoms with Crippen LogP contribution in [0.4, 0.5) is 0 Å². The van der Waals surface area contributed by atoms with Gasteiger partial charge in [-0.25, -0.2) is 0 Å². The van der Waals surface area contributed by atoms with Crippen LogP contribution in [0, 0.1) is 0 Å². The number of hydrogen-bond acceptors (Lipinski definition) is 3. The minimum absolute atomic E-state index is 0.517. The highest BCUT2D eigenvalue weighted by Gasteiger charge is 2.09. The summed E-state index contributed by atoms with van der Waals surface area (Å²) in [7, 11) is 0. The highest BCUT2D eigenvalue weighted by molar-refractivity contribution is 6.25. The van der Waals surface area contributed by atoms with Crippen LogP contribution in [0.15, 0.2) is 161 Å². The minimum Gasteiger partial charge on any atom is -0.289 e. The lowest BCUT2D eigenvalue weighted by Gasteiger charge is -2.12. The van der Waals surface area contributed by atoms with Gasteiger partial charge in [0.1, 0.15) is 0 Å². The molecule has 0 atom stereocenters. The number of benzene rings is 5. The van der Waals surface area contributed by atoms with Gasteiger partial charge >= 0.3 is 0 Å². The van der Waals surface area contributed by atoms with Gasteiger partial charge < -0.3 is 0 Å². The van der Waals surface area contributed by atoms with Crippen LogP contribution >= 0.6 is 0 Å². The Morgan fingerprint density at radius 2 is 1.42 bits per heavy atom. The normalized spacial score (nSPS) is 13.2. The molecule has 0 amide bonds. The van der Waals surface area contributed by atoms with Crippen molar-refractivity contribution >= 4 is 68.8 Å². The molecule has 0 aliphatic heterocycles. The van der Waals surface area contributed by atoms with E-state index < -0.39 is 0 Å². The lowest BCUT2D eigenvalue weighted by molar-refractivity contribution is 1.26. The van der Waals surface area contributed by atoms with Crippen molar-refractivity contribution in [1.82, 2.24) is 0 Å². The van der Waals surface area contributed by atoms with Crippen LogP contribution in [-0.4, -0.2) is 25.7 Å². The topological polar surface area (TPSA) is 37.1 Å². The predicted octanol–water partition coefficient (Wildman–Crippen LogP) is 11.1. The van der Waals surface area contributed by atoms with Gasteiger partial charge in [0, 0.05) is 24.2 Å². The van der Waals surface area contributed by atoms with Gasteiger partial charge in [-0.2, -0.15) is 0 Å². The molecule has 3 heteroatoms. The van der Waals surface area contributed by atoms with E-state index in [1.54, 1.807) is 18.6 Å². The smallest absolute Gasteiger partial charge is 0.0710 e. The molecule has 3 nitrogen and oxygen atoms in total. The van der Waals surface area contributed by atoms with E-state index in [2.05, 4.69) is 119 Å². The Hall–Kier alpha value is -5.67. The molecule has 0 saturated carbocycles. The number of hydrogen-bond donors (Lipinski definition) is 0. The Bertz CT molecular complexity index is 2050. The van der Waals surface area contributed by atoms with Crippen molar-refractivity contribution in [1.29, 1.82) is 0 Å². The van der Waals surface area contributed by atoms with Crippen molar-refractivity contribution in [2.45, 2.75) is 13.8 Å². The highest BCUT2D eigenvalue weighted by atomic mass is 14.7. The van der Waals surface area contributed by atoms with Gasteiger partial charge in [-0.3, -0.25) is 15.0 Å². The lowest BCUT2D eigenvalue weighted by Crippen LogP contribution is -1.88. The number of allylic oxidation sites excluding steroid dienone is 7. The summed E-state index contributed by atoms with van der Waals surface area (Å²) >= 11 is 0. The monoisotopic (exact) mass is 583 g/mol. The quantitative estimate of drug-likeness (QED) is 0.0843. The van der Waals surface area contributed by atoms with Gasteiger partial charge in [-0.05, 0) is 93.9 Å². The van der Waals surface area contributed by atoms with Crippen molar-refractivity contribution in [3.63, 3.8) is 0 Å². The number of fused-ring (bicyclic) bond motifs is 6. The Morgan fingerprint density at radius 1 is 0.733 bits per heavy atom. The average Bonchev–Trinajstić information content (AvgIpc) is 3.07. The van der Waals surface area contributed by atoms with E-state index in [9.17, 15) is 0 Å². The summed E-state index contributed by atoms with van der Waals surface area (Å²) in [5.41, 5.74) is 6.04. The first-order valence-corrected chi connectivity index (χ1v) is 15.0. The zero-order chi connectivity index (χ0) is 31.4. The molecule has 0 fully saturated rings. The first-order valence-electron chi connectivity index (χ1n) is 15.0. The van der Waals surface area contributed by atoms with Crippen LogP contribution in [0.1, 0.15) is 30.5 Å². The van der Waals surface area contributed by atoms with E-state index in [0.717, 1.165) is 33.5 Å². The fourth-order valence-corrected chi connectivity index (χ4v) is 5.33. The molecule has 0 spiro atoms. The Balaban J connectivity index is 1.43. The molecule has 0 heterocycles. The number of aliphatic imine (C=N–C) groups is 3. The third kappa shape index (κ3) is 7.65. The molecule has 0 bridgehead atoms. The van der Waals surface area contributed by atoms with Crippen molar-refractivity contribution < 1.29 is 0 Å². The van der Waals surface area contributed by atoms with Gasteiger partial charge in [0.25, 0.3) is 0 Å². The first-order chi connectivity index (χ1) is 22.1. The van der Waals surface area contributed by atoms with Gasteiger partial charge in [0.05, 0.1) is 12.2 Å². The van der Waals surface area contributed by atoms with E-state index in [4.69, 9.17) is 0 Å². The van der Waals surface area contributed by atoms with Crippen molar-refractivity contribution in [3.8, 4) is 0 Å². The van der Waals surface area contributed by atoms with Crippen molar-refractivity contribution in [2.75, 3.05) is 6.54 Å². The predicted molar refractivity (Wildman–Crippen MR) is 201 cm³/mol. The van der Waals surface area contributed by atoms with Gasteiger partial charge in [-0.1, -0.05) is 121 Å². The molecule has 45 heavy (non-hydrogen) atoms. The molecule has 0 aliphatic rings. The van der Waals surface area contributed by atoms with Gasteiger partial charge in [0.2, 0.25) is 0 Å². The summed E-state index contributed by atoms with van der Waals surface area (Å²) < 4.78 is 0. The van der Waals surface area contributed by atoms with Crippen LogP contribution in [0.25, 0.3) is 49.7 Å². The Kier molecular flexibility index (Phi) is 10.4. The van der Waals surface area contributed by atoms with Crippen LogP contribution in [0.3, 0.4) is 0 Å². The Labute approximate surface area is 266 Å². The number of nitrogens with zero attached hydrogens (tertiary/aromatic N) is 3. The van der Waals surface area contributed by atoms with Gasteiger partial charge in [-0.15, -0.1) is 0 Å². The second-order valence-electron chi connectivity index (χ2n) is 10.6.